The zero-order valence-electron chi connectivity index (χ0n) is 14.1. The average molecular weight is 367 g/mol. The highest BCUT2D eigenvalue weighted by atomic mass is 32.1. The molecule has 0 aliphatic rings. The molecule has 6 aromatic heterocycles. The van der Waals surface area contributed by atoms with Crippen molar-refractivity contribution in [2.24, 2.45) is 0 Å². The van der Waals surface area contributed by atoms with Crippen LogP contribution in [0.4, 0.5) is 0 Å². The highest BCUT2D eigenvalue weighted by Gasteiger charge is 2.09. The van der Waals surface area contributed by atoms with Crippen molar-refractivity contribution in [1.29, 1.82) is 0 Å². The first-order valence-electron chi connectivity index (χ1n) is 8.61. The van der Waals surface area contributed by atoms with Crippen LogP contribution in [0.15, 0.2) is 78.7 Å². The minimum absolute atomic E-state index is 0.946. The fraction of sp³-hybridized carbons (Fsp3) is 0. The van der Waals surface area contributed by atoms with Gasteiger partial charge in [0.15, 0.2) is 0 Å². The molecule has 0 N–H and O–H groups in total. The largest absolute Gasteiger partial charge is 0.323 e. The van der Waals surface area contributed by atoms with E-state index in [0.29, 0.717) is 0 Å². The Morgan fingerprint density at radius 1 is 0.815 bits per heavy atom. The predicted octanol–water partition coefficient (Wildman–Crippen LogP) is 4.93. The first kappa shape index (κ1) is 14.6. The Morgan fingerprint density at radius 3 is 2.74 bits per heavy atom. The molecule has 0 unspecified atom stereocenters. The zero-order chi connectivity index (χ0) is 17.8. The zero-order valence-corrected chi connectivity index (χ0v) is 15.0. The van der Waals surface area contributed by atoms with Gasteiger partial charge in [-0.1, -0.05) is 6.07 Å². The van der Waals surface area contributed by atoms with Crippen LogP contribution in [0.3, 0.4) is 0 Å². The number of thiazole rings is 1. The molecule has 5 nitrogen and oxygen atoms in total. The van der Waals surface area contributed by atoms with Crippen molar-refractivity contribution in [2.45, 2.75) is 0 Å². The molecule has 0 saturated carbocycles. The van der Waals surface area contributed by atoms with Crippen LogP contribution >= 0.6 is 11.3 Å². The van der Waals surface area contributed by atoms with Crippen LogP contribution in [0.1, 0.15) is 0 Å². The van der Waals surface area contributed by atoms with E-state index >= 15 is 0 Å². The van der Waals surface area contributed by atoms with Crippen molar-refractivity contribution < 1.29 is 0 Å². The summed E-state index contributed by atoms with van der Waals surface area (Å²) < 4.78 is 4.02. The molecule has 6 heterocycles. The third kappa shape index (κ3) is 2.34. The fourth-order valence-corrected chi connectivity index (χ4v) is 4.06. The van der Waals surface area contributed by atoms with Gasteiger partial charge < -0.3 is 4.40 Å². The minimum Gasteiger partial charge on any atom is -0.323 e. The molecular formula is C21H13N5S. The van der Waals surface area contributed by atoms with Gasteiger partial charge in [0, 0.05) is 35.2 Å². The highest BCUT2D eigenvalue weighted by molar-refractivity contribution is 7.16. The molecule has 0 bridgehead atoms. The van der Waals surface area contributed by atoms with Gasteiger partial charge in [-0.05, 0) is 48.5 Å². The molecule has 0 atom stereocenters. The van der Waals surface area contributed by atoms with Gasteiger partial charge in [-0.15, -0.1) is 11.3 Å². The molecule has 0 spiro atoms. The lowest BCUT2D eigenvalue weighted by atomic mass is 10.1. The van der Waals surface area contributed by atoms with Gasteiger partial charge in [0.1, 0.15) is 4.83 Å². The maximum Gasteiger partial charge on any atom is 0.143 e. The van der Waals surface area contributed by atoms with Crippen LogP contribution in [-0.4, -0.2) is 24.0 Å². The van der Waals surface area contributed by atoms with Gasteiger partial charge in [-0.2, -0.15) is 5.10 Å². The van der Waals surface area contributed by atoms with Crippen LogP contribution in [0, 0.1) is 0 Å². The number of hydrogen-bond acceptors (Lipinski definition) is 4. The maximum atomic E-state index is 4.74. The van der Waals surface area contributed by atoms with Crippen molar-refractivity contribution in [3.05, 3.63) is 78.7 Å². The van der Waals surface area contributed by atoms with Crippen LogP contribution in [0.2, 0.25) is 0 Å². The molecule has 0 aliphatic carbocycles. The van der Waals surface area contributed by atoms with Crippen LogP contribution in [0.25, 0.3) is 43.9 Å². The van der Waals surface area contributed by atoms with Crippen molar-refractivity contribution in [1.82, 2.24) is 24.0 Å². The van der Waals surface area contributed by atoms with E-state index in [9.17, 15) is 0 Å². The van der Waals surface area contributed by atoms with Gasteiger partial charge in [-0.3, -0.25) is 0 Å². The molecule has 27 heavy (non-hydrogen) atoms. The quantitative estimate of drug-likeness (QED) is 0.436. The first-order chi connectivity index (χ1) is 13.3. The van der Waals surface area contributed by atoms with E-state index in [1.165, 1.54) is 0 Å². The van der Waals surface area contributed by atoms with E-state index in [-0.39, 0.29) is 0 Å². The van der Waals surface area contributed by atoms with E-state index in [0.717, 1.165) is 43.9 Å². The van der Waals surface area contributed by atoms with Gasteiger partial charge >= 0.3 is 0 Å². The van der Waals surface area contributed by atoms with Crippen LogP contribution in [-0.2, 0) is 0 Å². The lowest BCUT2D eigenvalue weighted by molar-refractivity contribution is 0.965. The van der Waals surface area contributed by atoms with E-state index in [4.69, 9.17) is 4.98 Å². The van der Waals surface area contributed by atoms with Crippen molar-refractivity contribution in [3.63, 3.8) is 0 Å². The summed E-state index contributed by atoms with van der Waals surface area (Å²) in [4.78, 5) is 10.0. The normalized spacial score (nSPS) is 11.7. The third-order valence-electron chi connectivity index (χ3n) is 4.76. The molecular weight excluding hydrogens is 354 g/mol. The predicted molar refractivity (Wildman–Crippen MR) is 108 cm³/mol. The molecule has 128 valence electrons. The van der Waals surface area contributed by atoms with E-state index < -0.39 is 0 Å². The molecule has 0 saturated heterocycles. The van der Waals surface area contributed by atoms with Gasteiger partial charge in [-0.25, -0.2) is 14.5 Å². The summed E-state index contributed by atoms with van der Waals surface area (Å²) in [7, 11) is 0. The Hall–Kier alpha value is -3.51. The molecule has 0 aliphatic heterocycles. The average Bonchev–Trinajstić information content (AvgIpc) is 3.42. The summed E-state index contributed by atoms with van der Waals surface area (Å²) in [6, 6.07) is 18.7. The number of rotatable bonds is 2. The number of pyridine rings is 3. The molecule has 0 amide bonds. The van der Waals surface area contributed by atoms with Crippen LogP contribution < -0.4 is 0 Å². The Bertz CT molecular complexity index is 1410. The first-order valence-corrected chi connectivity index (χ1v) is 9.49. The number of aromatic nitrogens is 5. The van der Waals surface area contributed by atoms with Crippen molar-refractivity contribution >= 4 is 32.7 Å². The van der Waals surface area contributed by atoms with Gasteiger partial charge in [0.2, 0.25) is 0 Å². The summed E-state index contributed by atoms with van der Waals surface area (Å²) in [5.74, 6) is 0. The second-order valence-electron chi connectivity index (χ2n) is 6.45. The highest BCUT2D eigenvalue weighted by Crippen LogP contribution is 2.27. The van der Waals surface area contributed by atoms with Crippen molar-refractivity contribution in [3.8, 4) is 22.5 Å². The lowest BCUT2D eigenvalue weighted by Crippen LogP contribution is -1.86. The number of fused-ring (bicyclic) bond motifs is 3. The van der Waals surface area contributed by atoms with E-state index in [1.54, 1.807) is 11.3 Å². The Labute approximate surface area is 158 Å². The second-order valence-corrected chi connectivity index (χ2v) is 7.28. The Morgan fingerprint density at radius 2 is 1.78 bits per heavy atom. The molecule has 0 radical (unpaired) electrons. The standard InChI is InChI=1S/C21H13N5S/c1-2-7-26-16(3-1)11-20(24-26)14-6-8-25-12-15(10-17(25)9-14)18-4-5-19-21(23-18)27-13-22-19/h1-13H. The molecule has 6 rings (SSSR count). The van der Waals surface area contributed by atoms with E-state index in [2.05, 4.69) is 57.2 Å². The molecule has 0 fully saturated rings. The number of hydrogen-bond donors (Lipinski definition) is 0. The Kier molecular flexibility index (Phi) is 2.98. The SMILES string of the molecule is c1ccn2nc(-c3ccn4cc(-c5ccc6ncsc6n5)cc4c3)cc2c1. The smallest absolute Gasteiger partial charge is 0.143 e. The summed E-state index contributed by atoms with van der Waals surface area (Å²) in [6.07, 6.45) is 6.15. The fourth-order valence-electron chi connectivity index (χ4n) is 3.40. The number of nitrogens with zero attached hydrogens (tertiary/aromatic N) is 5. The lowest BCUT2D eigenvalue weighted by Gasteiger charge is -1.98. The van der Waals surface area contributed by atoms with Crippen molar-refractivity contribution in [2.75, 3.05) is 0 Å². The monoisotopic (exact) mass is 367 g/mol. The molecule has 0 aromatic carbocycles. The van der Waals surface area contributed by atoms with E-state index in [1.807, 2.05) is 40.5 Å². The Balaban J connectivity index is 1.46. The topological polar surface area (TPSA) is 47.5 Å². The second kappa shape index (κ2) is 5.49. The summed E-state index contributed by atoms with van der Waals surface area (Å²) >= 11 is 1.57. The molecule has 6 heteroatoms. The molecule has 6 aromatic rings. The summed E-state index contributed by atoms with van der Waals surface area (Å²) in [5.41, 5.74) is 9.11. The summed E-state index contributed by atoms with van der Waals surface area (Å²) in [6.45, 7) is 0. The van der Waals surface area contributed by atoms with Crippen LogP contribution in [0.5, 0.6) is 0 Å². The van der Waals surface area contributed by atoms with Gasteiger partial charge in [0.05, 0.1) is 27.9 Å². The van der Waals surface area contributed by atoms with Gasteiger partial charge in [0.25, 0.3) is 0 Å². The summed E-state index contributed by atoms with van der Waals surface area (Å²) in [5, 5.41) is 4.67. The maximum absolute atomic E-state index is 4.74. The third-order valence-corrected chi connectivity index (χ3v) is 5.49. The minimum atomic E-state index is 0.946.